The van der Waals surface area contributed by atoms with E-state index in [9.17, 15) is 0 Å². The van der Waals surface area contributed by atoms with Crippen molar-refractivity contribution in [1.82, 2.24) is 19.3 Å². The average Bonchev–Trinajstić information content (AvgIpc) is 3.60. The predicted octanol–water partition coefficient (Wildman–Crippen LogP) is 10.9. The molecule has 4 aromatic carbocycles. The fourth-order valence-corrected chi connectivity index (χ4v) is 6.57. The standard InChI is InChI=1S/C42H42N4O/c1-7-12-38-41(29-19-17-28(3)18-20-29)36(8-2)44-46(38)31-13-11-14-32(26-31)47-33-21-22-35-34-15-9-10-16-37(34)45(39(35)27-33)40-25-30(23-24-43-40)42(4,5)6/h9-11,13-27H,7-8,12H2,1-6H3. The van der Waals surface area contributed by atoms with E-state index in [4.69, 9.17) is 14.8 Å². The molecule has 0 radical (unpaired) electrons. The van der Waals surface area contributed by atoms with Crippen molar-refractivity contribution >= 4 is 21.8 Å². The zero-order valence-electron chi connectivity index (χ0n) is 28.2. The van der Waals surface area contributed by atoms with Gasteiger partial charge in [0.25, 0.3) is 0 Å². The van der Waals surface area contributed by atoms with Crippen LogP contribution in [0.1, 0.15) is 63.6 Å². The van der Waals surface area contributed by atoms with Gasteiger partial charge in [0.15, 0.2) is 0 Å². The van der Waals surface area contributed by atoms with Crippen molar-refractivity contribution < 1.29 is 4.74 Å². The highest BCUT2D eigenvalue weighted by Crippen LogP contribution is 2.37. The molecule has 47 heavy (non-hydrogen) atoms. The van der Waals surface area contributed by atoms with Crippen LogP contribution in [0, 0.1) is 6.92 Å². The van der Waals surface area contributed by atoms with Crippen molar-refractivity contribution in [3.63, 3.8) is 0 Å². The summed E-state index contributed by atoms with van der Waals surface area (Å²) < 4.78 is 11.0. The molecule has 0 saturated carbocycles. The normalized spacial score (nSPS) is 11.9. The highest BCUT2D eigenvalue weighted by molar-refractivity contribution is 6.09. The Morgan fingerprint density at radius 2 is 1.51 bits per heavy atom. The summed E-state index contributed by atoms with van der Waals surface area (Å²) in [6.45, 7) is 13.2. The minimum absolute atomic E-state index is 0.0140. The maximum Gasteiger partial charge on any atom is 0.137 e. The summed E-state index contributed by atoms with van der Waals surface area (Å²) in [7, 11) is 0. The Kier molecular flexibility index (Phi) is 7.93. The molecule has 3 heterocycles. The van der Waals surface area contributed by atoms with E-state index in [-0.39, 0.29) is 5.41 Å². The Labute approximate surface area is 277 Å². The van der Waals surface area contributed by atoms with Gasteiger partial charge in [-0.05, 0) is 78.8 Å². The van der Waals surface area contributed by atoms with Crippen LogP contribution in [-0.4, -0.2) is 19.3 Å². The highest BCUT2D eigenvalue weighted by Gasteiger charge is 2.20. The second-order valence-electron chi connectivity index (χ2n) is 13.4. The molecule has 0 N–H and O–H groups in total. The van der Waals surface area contributed by atoms with Crippen molar-refractivity contribution in [2.24, 2.45) is 0 Å². The van der Waals surface area contributed by atoms with Gasteiger partial charge in [0, 0.05) is 34.7 Å². The third-order valence-corrected chi connectivity index (χ3v) is 9.00. The van der Waals surface area contributed by atoms with Crippen molar-refractivity contribution in [1.29, 1.82) is 0 Å². The smallest absolute Gasteiger partial charge is 0.137 e. The van der Waals surface area contributed by atoms with E-state index in [2.05, 4.69) is 148 Å². The lowest BCUT2D eigenvalue weighted by Gasteiger charge is -2.20. The predicted molar refractivity (Wildman–Crippen MR) is 194 cm³/mol. The zero-order valence-corrected chi connectivity index (χ0v) is 28.2. The molecule has 0 fully saturated rings. The molecule has 0 unspecified atom stereocenters. The average molecular weight is 619 g/mol. The Bertz CT molecular complexity index is 2210. The van der Waals surface area contributed by atoms with Gasteiger partial charge in [-0.3, -0.25) is 4.57 Å². The van der Waals surface area contributed by atoms with Crippen molar-refractivity contribution in [2.75, 3.05) is 0 Å². The van der Waals surface area contributed by atoms with Gasteiger partial charge >= 0.3 is 0 Å². The summed E-state index contributed by atoms with van der Waals surface area (Å²) in [5.74, 6) is 2.45. The molecule has 0 saturated heterocycles. The first-order valence-corrected chi connectivity index (χ1v) is 16.7. The molecule has 0 aliphatic heterocycles. The summed E-state index contributed by atoms with van der Waals surface area (Å²) in [5.41, 5.74) is 10.5. The number of hydrogen-bond acceptors (Lipinski definition) is 3. The van der Waals surface area contributed by atoms with Crippen LogP contribution in [0.2, 0.25) is 0 Å². The number of para-hydroxylation sites is 1. The Hall–Kier alpha value is -5.16. The van der Waals surface area contributed by atoms with Crippen LogP contribution in [0.3, 0.4) is 0 Å². The molecule has 0 bridgehead atoms. The number of aryl methyl sites for hydroxylation is 2. The lowest BCUT2D eigenvalue weighted by atomic mass is 9.88. The minimum Gasteiger partial charge on any atom is -0.457 e. The third kappa shape index (κ3) is 5.71. The maximum absolute atomic E-state index is 6.60. The van der Waals surface area contributed by atoms with E-state index < -0.39 is 0 Å². The Morgan fingerprint density at radius 1 is 0.745 bits per heavy atom. The monoisotopic (exact) mass is 618 g/mol. The molecule has 0 aliphatic carbocycles. The largest absolute Gasteiger partial charge is 0.457 e. The van der Waals surface area contributed by atoms with E-state index in [1.165, 1.54) is 38.7 Å². The lowest BCUT2D eigenvalue weighted by Crippen LogP contribution is -2.12. The lowest BCUT2D eigenvalue weighted by molar-refractivity contribution is 0.482. The summed E-state index contributed by atoms with van der Waals surface area (Å²) in [4.78, 5) is 4.83. The molecule has 7 aromatic rings. The van der Waals surface area contributed by atoms with Gasteiger partial charge in [0.05, 0.1) is 28.1 Å². The fourth-order valence-electron chi connectivity index (χ4n) is 6.57. The Balaban J connectivity index is 1.30. The number of ether oxygens (including phenoxy) is 1. The molecule has 236 valence electrons. The number of nitrogens with zero attached hydrogens (tertiary/aromatic N) is 4. The summed E-state index contributed by atoms with van der Waals surface area (Å²) in [6.07, 6.45) is 4.75. The van der Waals surface area contributed by atoms with Crippen molar-refractivity contribution in [3.8, 4) is 34.1 Å². The topological polar surface area (TPSA) is 44.9 Å². The minimum atomic E-state index is 0.0140. The number of fused-ring (bicyclic) bond motifs is 3. The fraction of sp³-hybridized carbons (Fsp3) is 0.238. The number of pyridine rings is 1. The van der Waals surface area contributed by atoms with E-state index >= 15 is 0 Å². The van der Waals surface area contributed by atoms with Crippen LogP contribution in [-0.2, 0) is 18.3 Å². The van der Waals surface area contributed by atoms with Crippen LogP contribution in [0.4, 0.5) is 0 Å². The van der Waals surface area contributed by atoms with Gasteiger partial charge in [0.2, 0.25) is 0 Å². The molecule has 3 aromatic heterocycles. The molecular weight excluding hydrogens is 576 g/mol. The summed E-state index contributed by atoms with van der Waals surface area (Å²) in [5, 5.41) is 7.51. The highest BCUT2D eigenvalue weighted by atomic mass is 16.5. The number of rotatable bonds is 8. The van der Waals surface area contributed by atoms with Gasteiger partial charge in [0.1, 0.15) is 17.3 Å². The molecule has 7 rings (SSSR count). The number of aromatic nitrogens is 4. The summed E-state index contributed by atoms with van der Waals surface area (Å²) in [6, 6.07) is 36.3. The number of benzene rings is 4. The first-order valence-electron chi connectivity index (χ1n) is 16.7. The van der Waals surface area contributed by atoms with Crippen molar-refractivity contribution in [3.05, 3.63) is 132 Å². The summed E-state index contributed by atoms with van der Waals surface area (Å²) >= 11 is 0. The van der Waals surface area contributed by atoms with Crippen LogP contribution in [0.25, 0.3) is 44.4 Å². The SMILES string of the molecule is CCCc1c(-c2ccc(C)cc2)c(CC)nn1-c1cccc(Oc2ccc3c4ccccc4n(-c4cc(C(C)(C)C)ccn4)c3c2)c1. The first-order chi connectivity index (χ1) is 22.7. The molecular formula is C42H42N4O. The molecule has 0 aliphatic rings. The maximum atomic E-state index is 6.60. The molecule has 0 atom stereocenters. The second kappa shape index (κ2) is 12.2. The molecule has 0 spiro atoms. The van der Waals surface area contributed by atoms with Gasteiger partial charge in [-0.25, -0.2) is 9.67 Å². The van der Waals surface area contributed by atoms with E-state index in [1.54, 1.807) is 0 Å². The molecule has 5 nitrogen and oxygen atoms in total. The van der Waals surface area contributed by atoms with Gasteiger partial charge in [-0.1, -0.05) is 95.1 Å². The van der Waals surface area contributed by atoms with Crippen LogP contribution in [0.5, 0.6) is 11.5 Å². The third-order valence-electron chi connectivity index (χ3n) is 9.00. The van der Waals surface area contributed by atoms with Crippen LogP contribution in [0.15, 0.2) is 109 Å². The Morgan fingerprint density at radius 3 is 2.28 bits per heavy atom. The van der Waals surface area contributed by atoms with Gasteiger partial charge < -0.3 is 4.74 Å². The van der Waals surface area contributed by atoms with Gasteiger partial charge in [-0.2, -0.15) is 5.10 Å². The van der Waals surface area contributed by atoms with Crippen molar-refractivity contribution in [2.45, 2.75) is 66.2 Å². The van der Waals surface area contributed by atoms with E-state index in [1.807, 2.05) is 12.3 Å². The molecule has 5 heteroatoms. The number of hydrogen-bond donors (Lipinski definition) is 0. The zero-order chi connectivity index (χ0) is 32.7. The molecule has 0 amide bonds. The van der Waals surface area contributed by atoms with Crippen LogP contribution >= 0.6 is 0 Å². The van der Waals surface area contributed by atoms with E-state index in [0.717, 1.165) is 59.0 Å². The van der Waals surface area contributed by atoms with Gasteiger partial charge in [-0.15, -0.1) is 0 Å². The first kappa shape index (κ1) is 30.5. The van der Waals surface area contributed by atoms with Crippen LogP contribution < -0.4 is 4.74 Å². The second-order valence-corrected chi connectivity index (χ2v) is 13.4. The quantitative estimate of drug-likeness (QED) is 0.170. The van der Waals surface area contributed by atoms with E-state index in [0.29, 0.717) is 0 Å².